The summed E-state index contributed by atoms with van der Waals surface area (Å²) < 4.78 is 0. The van der Waals surface area contributed by atoms with E-state index in [9.17, 15) is 0 Å². The fourth-order valence-electron chi connectivity index (χ4n) is 1.43. The van der Waals surface area contributed by atoms with E-state index in [0.29, 0.717) is 0 Å². The van der Waals surface area contributed by atoms with Gasteiger partial charge in [0, 0.05) is 11.4 Å². The monoisotopic (exact) mass is 214 g/mol. The number of aromatic nitrogens is 2. The first-order valence-corrected chi connectivity index (χ1v) is 5.08. The zero-order chi connectivity index (χ0) is 11.5. The number of nitrogens with one attached hydrogen (secondary N) is 1. The number of rotatable bonds is 2. The van der Waals surface area contributed by atoms with Gasteiger partial charge < -0.3 is 11.1 Å². The number of aryl methyl sites for hydroxylation is 2. The lowest BCUT2D eigenvalue weighted by molar-refractivity contribution is 1.01. The number of benzene rings is 1. The fourth-order valence-corrected chi connectivity index (χ4v) is 1.43. The Kier molecular flexibility index (Phi) is 2.72. The van der Waals surface area contributed by atoms with Gasteiger partial charge in [-0.25, -0.2) is 9.97 Å². The molecule has 0 aliphatic carbocycles. The quantitative estimate of drug-likeness (QED) is 0.753. The molecule has 0 fully saturated rings. The van der Waals surface area contributed by atoms with Crippen LogP contribution in [-0.4, -0.2) is 9.97 Å². The fraction of sp³-hybridized carbons (Fsp3) is 0.167. The summed E-state index contributed by atoms with van der Waals surface area (Å²) in [7, 11) is 0. The largest absolute Gasteiger partial charge is 0.399 e. The number of nitrogens with zero attached hydrogens (tertiary/aromatic N) is 2. The average Bonchev–Trinajstić information content (AvgIpc) is 2.25. The standard InChI is InChI=1S/C12H14N4/c1-8-12(7-14-9(2)15-8)16-11-5-3-10(13)4-6-11/h3-7,16H,13H2,1-2H3. The van der Waals surface area contributed by atoms with Gasteiger partial charge in [0.2, 0.25) is 0 Å². The van der Waals surface area contributed by atoms with Gasteiger partial charge in [-0.3, -0.25) is 0 Å². The predicted octanol–water partition coefficient (Wildman–Crippen LogP) is 2.42. The van der Waals surface area contributed by atoms with E-state index in [0.717, 1.165) is 28.6 Å². The maximum Gasteiger partial charge on any atom is 0.125 e. The summed E-state index contributed by atoms with van der Waals surface area (Å²) in [6.07, 6.45) is 1.79. The Morgan fingerprint density at radius 2 is 1.81 bits per heavy atom. The number of nitrogen functional groups attached to an aromatic ring is 1. The van der Waals surface area contributed by atoms with Crippen LogP contribution in [0.5, 0.6) is 0 Å². The Hall–Kier alpha value is -2.10. The Morgan fingerprint density at radius 1 is 1.12 bits per heavy atom. The van der Waals surface area contributed by atoms with Crippen LogP contribution in [0.25, 0.3) is 0 Å². The van der Waals surface area contributed by atoms with Crippen molar-refractivity contribution in [2.75, 3.05) is 11.1 Å². The second-order valence-corrected chi connectivity index (χ2v) is 3.66. The SMILES string of the molecule is Cc1ncc(Nc2ccc(N)cc2)c(C)n1. The van der Waals surface area contributed by atoms with Crippen molar-refractivity contribution in [1.29, 1.82) is 0 Å². The molecule has 0 saturated carbocycles. The van der Waals surface area contributed by atoms with Crippen LogP contribution in [0.3, 0.4) is 0 Å². The third-order valence-electron chi connectivity index (χ3n) is 2.29. The number of nitrogens with two attached hydrogens (primary N) is 1. The van der Waals surface area contributed by atoms with Gasteiger partial charge in [-0.15, -0.1) is 0 Å². The van der Waals surface area contributed by atoms with Crippen molar-refractivity contribution < 1.29 is 0 Å². The van der Waals surface area contributed by atoms with Gasteiger partial charge >= 0.3 is 0 Å². The van der Waals surface area contributed by atoms with Crippen LogP contribution in [0, 0.1) is 13.8 Å². The summed E-state index contributed by atoms with van der Waals surface area (Å²) in [4.78, 5) is 8.44. The molecule has 1 heterocycles. The third kappa shape index (κ3) is 2.28. The van der Waals surface area contributed by atoms with Gasteiger partial charge in [0.15, 0.2) is 0 Å². The van der Waals surface area contributed by atoms with Crippen molar-refractivity contribution in [2.45, 2.75) is 13.8 Å². The highest BCUT2D eigenvalue weighted by atomic mass is 15.0. The second-order valence-electron chi connectivity index (χ2n) is 3.66. The Morgan fingerprint density at radius 3 is 2.44 bits per heavy atom. The van der Waals surface area contributed by atoms with Crippen molar-refractivity contribution in [1.82, 2.24) is 9.97 Å². The van der Waals surface area contributed by atoms with Crippen molar-refractivity contribution in [2.24, 2.45) is 0 Å². The molecule has 1 aromatic carbocycles. The number of hydrogen-bond donors (Lipinski definition) is 2. The summed E-state index contributed by atoms with van der Waals surface area (Å²) in [5.74, 6) is 0.778. The first kappa shape index (κ1) is 10.4. The van der Waals surface area contributed by atoms with Gasteiger partial charge in [-0.2, -0.15) is 0 Å². The van der Waals surface area contributed by atoms with E-state index in [4.69, 9.17) is 5.73 Å². The summed E-state index contributed by atoms with van der Waals surface area (Å²) in [5, 5.41) is 3.25. The smallest absolute Gasteiger partial charge is 0.125 e. The number of hydrogen-bond acceptors (Lipinski definition) is 4. The minimum absolute atomic E-state index is 0.752. The molecule has 0 spiro atoms. The number of anilines is 3. The molecule has 2 rings (SSSR count). The molecule has 1 aromatic heterocycles. The van der Waals surface area contributed by atoms with E-state index in [1.54, 1.807) is 6.20 Å². The van der Waals surface area contributed by atoms with E-state index >= 15 is 0 Å². The molecule has 0 aliphatic heterocycles. The highest BCUT2D eigenvalue weighted by molar-refractivity contribution is 5.62. The lowest BCUT2D eigenvalue weighted by atomic mass is 10.2. The molecular weight excluding hydrogens is 200 g/mol. The highest BCUT2D eigenvalue weighted by Crippen LogP contribution is 2.19. The topological polar surface area (TPSA) is 63.8 Å². The predicted molar refractivity (Wildman–Crippen MR) is 65.6 cm³/mol. The van der Waals surface area contributed by atoms with Crippen LogP contribution >= 0.6 is 0 Å². The molecule has 0 amide bonds. The van der Waals surface area contributed by atoms with Crippen LogP contribution in [0.4, 0.5) is 17.1 Å². The van der Waals surface area contributed by atoms with Gasteiger partial charge in [0.25, 0.3) is 0 Å². The van der Waals surface area contributed by atoms with Gasteiger partial charge in [0.1, 0.15) is 5.82 Å². The maximum atomic E-state index is 5.62. The molecule has 0 radical (unpaired) electrons. The Bertz CT molecular complexity index is 491. The molecule has 0 unspecified atom stereocenters. The Labute approximate surface area is 94.5 Å². The normalized spacial score (nSPS) is 10.1. The van der Waals surface area contributed by atoms with Gasteiger partial charge in [-0.1, -0.05) is 0 Å². The van der Waals surface area contributed by atoms with E-state index in [2.05, 4.69) is 15.3 Å². The highest BCUT2D eigenvalue weighted by Gasteiger charge is 2.01. The first-order valence-electron chi connectivity index (χ1n) is 5.08. The molecular formula is C12H14N4. The lowest BCUT2D eigenvalue weighted by Gasteiger charge is -2.08. The molecule has 0 atom stereocenters. The van der Waals surface area contributed by atoms with E-state index in [1.165, 1.54) is 0 Å². The summed E-state index contributed by atoms with van der Waals surface area (Å²) >= 11 is 0. The molecule has 3 N–H and O–H groups in total. The summed E-state index contributed by atoms with van der Waals surface area (Å²) in [6.45, 7) is 3.83. The molecule has 4 heteroatoms. The lowest BCUT2D eigenvalue weighted by Crippen LogP contribution is -1.98. The minimum Gasteiger partial charge on any atom is -0.399 e. The van der Waals surface area contributed by atoms with Crippen molar-refractivity contribution >= 4 is 17.1 Å². The zero-order valence-corrected chi connectivity index (χ0v) is 9.36. The van der Waals surface area contributed by atoms with Gasteiger partial charge in [-0.05, 0) is 38.1 Å². The molecule has 82 valence electrons. The molecule has 0 saturated heterocycles. The Balaban J connectivity index is 2.23. The average molecular weight is 214 g/mol. The molecule has 0 aliphatic rings. The van der Waals surface area contributed by atoms with E-state index in [1.807, 2.05) is 38.1 Å². The first-order chi connectivity index (χ1) is 7.65. The van der Waals surface area contributed by atoms with Crippen molar-refractivity contribution in [3.8, 4) is 0 Å². The van der Waals surface area contributed by atoms with Crippen LogP contribution < -0.4 is 11.1 Å². The zero-order valence-electron chi connectivity index (χ0n) is 9.36. The van der Waals surface area contributed by atoms with Gasteiger partial charge in [0.05, 0.1) is 17.6 Å². The summed E-state index contributed by atoms with van der Waals surface area (Å²) in [5.41, 5.74) is 9.19. The third-order valence-corrected chi connectivity index (χ3v) is 2.29. The molecule has 4 nitrogen and oxygen atoms in total. The van der Waals surface area contributed by atoms with Crippen LogP contribution in [0.2, 0.25) is 0 Å². The van der Waals surface area contributed by atoms with Crippen LogP contribution in [0.15, 0.2) is 30.5 Å². The molecule has 0 bridgehead atoms. The van der Waals surface area contributed by atoms with Crippen LogP contribution in [-0.2, 0) is 0 Å². The second kappa shape index (κ2) is 4.18. The van der Waals surface area contributed by atoms with Crippen molar-refractivity contribution in [3.63, 3.8) is 0 Å². The minimum atomic E-state index is 0.752. The molecule has 16 heavy (non-hydrogen) atoms. The van der Waals surface area contributed by atoms with E-state index < -0.39 is 0 Å². The van der Waals surface area contributed by atoms with Crippen molar-refractivity contribution in [3.05, 3.63) is 42.0 Å². The van der Waals surface area contributed by atoms with E-state index in [-0.39, 0.29) is 0 Å². The molecule has 2 aromatic rings. The summed E-state index contributed by atoms with van der Waals surface area (Å²) in [6, 6.07) is 7.56. The van der Waals surface area contributed by atoms with Crippen LogP contribution in [0.1, 0.15) is 11.5 Å². The maximum absolute atomic E-state index is 5.62.